The Balaban J connectivity index is 2.17. The van der Waals surface area contributed by atoms with Crippen LogP contribution in [0.3, 0.4) is 0 Å². The maximum absolute atomic E-state index is 12.6. The molecular formula is C21H24N2O4. The first-order chi connectivity index (χ1) is 12.8. The zero-order chi connectivity index (χ0) is 20.0. The number of nitrogens with one attached hydrogen (secondary N) is 2. The molecule has 0 aromatic heterocycles. The van der Waals surface area contributed by atoms with Gasteiger partial charge in [-0.05, 0) is 37.1 Å². The number of hydrogen-bond donors (Lipinski definition) is 2. The molecule has 27 heavy (non-hydrogen) atoms. The van der Waals surface area contributed by atoms with Gasteiger partial charge in [-0.3, -0.25) is 9.59 Å². The molecule has 2 aromatic rings. The number of methoxy groups -OCH3 is 1. The van der Waals surface area contributed by atoms with E-state index in [1.54, 1.807) is 18.2 Å². The lowest BCUT2D eigenvalue weighted by Crippen LogP contribution is -2.29. The standard InChI is InChI=1S/C21H24N2O4/c1-13-5-8-16(9-6-13)19(22-15(3)24)12-20(25)23-18-11-17(21(26)27-4)10-7-14(18)2/h5-11,19H,12H2,1-4H3,(H,22,24)(H,23,25). The first-order valence-corrected chi connectivity index (χ1v) is 8.62. The Morgan fingerprint density at radius 2 is 1.70 bits per heavy atom. The largest absolute Gasteiger partial charge is 0.465 e. The molecular weight excluding hydrogens is 344 g/mol. The van der Waals surface area contributed by atoms with Crippen LogP contribution in [0.15, 0.2) is 42.5 Å². The lowest BCUT2D eigenvalue weighted by molar-refractivity contribution is -0.120. The molecule has 0 aliphatic heterocycles. The van der Waals surface area contributed by atoms with Crippen molar-refractivity contribution in [2.45, 2.75) is 33.2 Å². The molecule has 6 heteroatoms. The molecule has 2 N–H and O–H groups in total. The van der Waals surface area contributed by atoms with Crippen LogP contribution in [0.25, 0.3) is 0 Å². The van der Waals surface area contributed by atoms with Crippen LogP contribution in [-0.2, 0) is 14.3 Å². The number of carbonyl (C=O) groups is 3. The lowest BCUT2D eigenvalue weighted by Gasteiger charge is -2.19. The van der Waals surface area contributed by atoms with E-state index in [0.29, 0.717) is 11.3 Å². The Morgan fingerprint density at radius 3 is 2.30 bits per heavy atom. The molecule has 0 heterocycles. The summed E-state index contributed by atoms with van der Waals surface area (Å²) >= 11 is 0. The number of benzene rings is 2. The normalized spacial score (nSPS) is 11.4. The third kappa shape index (κ3) is 5.67. The summed E-state index contributed by atoms with van der Waals surface area (Å²) in [6.07, 6.45) is 0.0739. The predicted molar refractivity (Wildman–Crippen MR) is 104 cm³/mol. The number of esters is 1. The molecule has 0 fully saturated rings. The van der Waals surface area contributed by atoms with Crippen LogP contribution >= 0.6 is 0 Å². The van der Waals surface area contributed by atoms with Crippen LogP contribution in [0.1, 0.15) is 46.4 Å². The number of rotatable bonds is 6. The smallest absolute Gasteiger partial charge is 0.337 e. The molecule has 2 aromatic carbocycles. The van der Waals surface area contributed by atoms with Gasteiger partial charge < -0.3 is 15.4 Å². The summed E-state index contributed by atoms with van der Waals surface area (Å²) in [4.78, 5) is 35.8. The van der Waals surface area contributed by atoms with Gasteiger partial charge in [0.2, 0.25) is 11.8 Å². The van der Waals surface area contributed by atoms with Crippen molar-refractivity contribution in [1.82, 2.24) is 5.32 Å². The SMILES string of the molecule is COC(=O)c1ccc(C)c(NC(=O)CC(NC(C)=O)c2ccc(C)cc2)c1. The Bertz CT molecular complexity index is 844. The van der Waals surface area contributed by atoms with Crippen molar-refractivity contribution in [2.75, 3.05) is 12.4 Å². The van der Waals surface area contributed by atoms with E-state index in [4.69, 9.17) is 4.74 Å². The number of carbonyl (C=O) groups excluding carboxylic acids is 3. The molecule has 142 valence electrons. The van der Waals surface area contributed by atoms with Crippen LogP contribution in [0, 0.1) is 13.8 Å². The van der Waals surface area contributed by atoms with E-state index in [-0.39, 0.29) is 18.2 Å². The summed E-state index contributed by atoms with van der Waals surface area (Å²) in [5, 5.41) is 5.63. The Morgan fingerprint density at radius 1 is 1.04 bits per heavy atom. The summed E-state index contributed by atoms with van der Waals surface area (Å²) in [6, 6.07) is 12.2. The van der Waals surface area contributed by atoms with Crippen LogP contribution in [-0.4, -0.2) is 24.9 Å². The Hall–Kier alpha value is -3.15. The molecule has 0 radical (unpaired) electrons. The first kappa shape index (κ1) is 20.2. The maximum atomic E-state index is 12.6. The maximum Gasteiger partial charge on any atom is 0.337 e. The molecule has 0 saturated heterocycles. The van der Waals surface area contributed by atoms with Crippen molar-refractivity contribution in [2.24, 2.45) is 0 Å². The van der Waals surface area contributed by atoms with E-state index in [1.165, 1.54) is 14.0 Å². The van der Waals surface area contributed by atoms with E-state index in [0.717, 1.165) is 16.7 Å². The number of anilines is 1. The first-order valence-electron chi connectivity index (χ1n) is 8.62. The third-order valence-corrected chi connectivity index (χ3v) is 4.18. The fraction of sp³-hybridized carbons (Fsp3) is 0.286. The molecule has 0 aliphatic rings. The topological polar surface area (TPSA) is 84.5 Å². The Labute approximate surface area is 158 Å². The fourth-order valence-electron chi connectivity index (χ4n) is 2.68. The van der Waals surface area contributed by atoms with Crippen molar-refractivity contribution in [1.29, 1.82) is 0 Å². The Kier molecular flexibility index (Phi) is 6.71. The second-order valence-electron chi connectivity index (χ2n) is 6.44. The van der Waals surface area contributed by atoms with Crippen LogP contribution in [0.2, 0.25) is 0 Å². The molecule has 6 nitrogen and oxygen atoms in total. The van der Waals surface area contributed by atoms with Gasteiger partial charge in [-0.15, -0.1) is 0 Å². The van der Waals surface area contributed by atoms with Gasteiger partial charge >= 0.3 is 5.97 Å². The van der Waals surface area contributed by atoms with Crippen LogP contribution in [0.4, 0.5) is 5.69 Å². The minimum Gasteiger partial charge on any atom is -0.465 e. The van der Waals surface area contributed by atoms with Gasteiger partial charge in [0.15, 0.2) is 0 Å². The predicted octanol–water partition coefficient (Wildman–Crippen LogP) is 3.30. The minimum atomic E-state index is -0.471. The van der Waals surface area contributed by atoms with Gasteiger partial charge in [0, 0.05) is 12.6 Å². The number of ether oxygens (including phenoxy) is 1. The van der Waals surface area contributed by atoms with Gasteiger partial charge in [0.25, 0.3) is 0 Å². The average Bonchev–Trinajstić information content (AvgIpc) is 2.62. The van der Waals surface area contributed by atoms with Gasteiger partial charge in [0.1, 0.15) is 0 Å². The monoisotopic (exact) mass is 368 g/mol. The number of aryl methyl sites for hydroxylation is 2. The minimum absolute atomic E-state index is 0.0739. The number of amides is 2. The molecule has 0 bridgehead atoms. The van der Waals surface area contributed by atoms with Crippen LogP contribution < -0.4 is 10.6 Å². The molecule has 2 rings (SSSR count). The second-order valence-corrected chi connectivity index (χ2v) is 6.44. The average molecular weight is 368 g/mol. The van der Waals surface area contributed by atoms with E-state index in [1.807, 2.05) is 38.1 Å². The molecule has 0 spiro atoms. The zero-order valence-corrected chi connectivity index (χ0v) is 16.0. The zero-order valence-electron chi connectivity index (χ0n) is 16.0. The fourth-order valence-corrected chi connectivity index (χ4v) is 2.68. The summed E-state index contributed by atoms with van der Waals surface area (Å²) in [5.74, 6) is -0.946. The quantitative estimate of drug-likeness (QED) is 0.766. The van der Waals surface area contributed by atoms with Crippen molar-refractivity contribution >= 4 is 23.5 Å². The lowest BCUT2D eigenvalue weighted by atomic mass is 10.0. The van der Waals surface area contributed by atoms with Gasteiger partial charge in [-0.1, -0.05) is 35.9 Å². The van der Waals surface area contributed by atoms with E-state index in [2.05, 4.69) is 10.6 Å². The third-order valence-electron chi connectivity index (χ3n) is 4.18. The van der Waals surface area contributed by atoms with Crippen molar-refractivity contribution in [3.05, 3.63) is 64.7 Å². The highest BCUT2D eigenvalue weighted by molar-refractivity contribution is 5.95. The van der Waals surface area contributed by atoms with Crippen LogP contribution in [0.5, 0.6) is 0 Å². The summed E-state index contributed by atoms with van der Waals surface area (Å²) in [6.45, 7) is 5.23. The summed E-state index contributed by atoms with van der Waals surface area (Å²) in [5.41, 5.74) is 3.66. The van der Waals surface area contributed by atoms with E-state index >= 15 is 0 Å². The molecule has 1 atom stereocenters. The summed E-state index contributed by atoms with van der Waals surface area (Å²) in [7, 11) is 1.31. The molecule has 2 amide bonds. The highest BCUT2D eigenvalue weighted by atomic mass is 16.5. The van der Waals surface area contributed by atoms with Crippen molar-refractivity contribution in [3.8, 4) is 0 Å². The summed E-state index contributed by atoms with van der Waals surface area (Å²) < 4.78 is 4.71. The number of hydrogen-bond acceptors (Lipinski definition) is 4. The van der Waals surface area contributed by atoms with E-state index in [9.17, 15) is 14.4 Å². The van der Waals surface area contributed by atoms with Gasteiger partial charge in [0.05, 0.1) is 25.1 Å². The second kappa shape index (κ2) is 8.98. The van der Waals surface area contributed by atoms with Gasteiger partial charge in [-0.25, -0.2) is 4.79 Å². The highest BCUT2D eigenvalue weighted by Gasteiger charge is 2.18. The molecule has 1 unspecified atom stereocenters. The van der Waals surface area contributed by atoms with E-state index < -0.39 is 12.0 Å². The van der Waals surface area contributed by atoms with Gasteiger partial charge in [-0.2, -0.15) is 0 Å². The molecule has 0 saturated carbocycles. The van der Waals surface area contributed by atoms with Crippen molar-refractivity contribution in [3.63, 3.8) is 0 Å². The molecule has 0 aliphatic carbocycles. The van der Waals surface area contributed by atoms with Crippen molar-refractivity contribution < 1.29 is 19.1 Å². The highest BCUT2D eigenvalue weighted by Crippen LogP contribution is 2.21.